The van der Waals surface area contributed by atoms with Crippen LogP contribution in [0.5, 0.6) is 0 Å². The predicted octanol–water partition coefficient (Wildman–Crippen LogP) is -1.79. The van der Waals surface area contributed by atoms with Crippen LogP contribution in [0.1, 0.15) is 13.8 Å². The van der Waals surface area contributed by atoms with Crippen LogP contribution in [-0.4, -0.2) is 5.92 Å². The molecule has 0 bridgehead atoms. The summed E-state index contributed by atoms with van der Waals surface area (Å²) < 4.78 is 1.80. The molecule has 99 valence electrons. The molecule has 0 heterocycles. The fraction of sp³-hybridized carbons (Fsp3) is 0.429. The molecule has 0 aromatic rings. The van der Waals surface area contributed by atoms with Crippen molar-refractivity contribution in [2.45, 2.75) is 33.2 Å². The monoisotopic (exact) mass is 561 g/mol. The van der Waals surface area contributed by atoms with Crippen LogP contribution in [0.15, 0.2) is 48.6 Å². The van der Waals surface area contributed by atoms with Crippen molar-refractivity contribution in [1.29, 1.82) is 0 Å². The van der Waals surface area contributed by atoms with Gasteiger partial charge in [0, 0.05) is 0 Å². The Bertz CT molecular complexity index is 294. The van der Waals surface area contributed by atoms with Crippen molar-refractivity contribution >= 4 is 5.92 Å². The van der Waals surface area contributed by atoms with Crippen LogP contribution in [0.3, 0.4) is 0 Å². The van der Waals surface area contributed by atoms with Gasteiger partial charge < -0.3 is 48.0 Å². The minimum atomic E-state index is -1.31. The molecule has 0 aliphatic heterocycles. The molecule has 18 heavy (non-hydrogen) atoms. The molecule has 2 rings (SSSR count). The first-order valence-electron chi connectivity index (χ1n) is 6.43. The molecule has 0 aromatic carbocycles. The van der Waals surface area contributed by atoms with Crippen LogP contribution in [0.4, 0.5) is 0 Å². The third kappa shape index (κ3) is 4.81. The maximum absolute atomic E-state index is 2.49. The van der Waals surface area contributed by atoms with Crippen molar-refractivity contribution in [3.63, 3.8) is 0 Å². The van der Waals surface area contributed by atoms with E-state index in [-0.39, 0.29) is 48.0 Å². The molecular weight excluding hydrogens is 541 g/mol. The number of hydrogen-bond acceptors (Lipinski definition) is 0. The second-order valence-electron chi connectivity index (χ2n) is 4.60. The standard InChI is InChI=1S/2C5H5.C4H11Si.2HI.Zr/c2*1-2-4-5-3-1;1-3-5-4-2;;;/h2*1-5H;5H,3-4H2,1-2H3;2*1H;/q;;;;;+2/p-2. The van der Waals surface area contributed by atoms with Crippen LogP contribution in [-0.2, 0) is 20.9 Å². The van der Waals surface area contributed by atoms with Crippen LogP contribution < -0.4 is 48.0 Å². The zero-order valence-corrected chi connectivity index (χ0v) is 18.9. The molecule has 0 fully saturated rings. The number of hydrogen-bond donors (Lipinski definition) is 0. The molecule has 0 aromatic heterocycles. The van der Waals surface area contributed by atoms with Crippen molar-refractivity contribution in [1.82, 2.24) is 0 Å². The normalized spacial score (nSPS) is 17.3. The summed E-state index contributed by atoms with van der Waals surface area (Å²) in [5, 5.41) is 0. The van der Waals surface area contributed by atoms with Crippen molar-refractivity contribution in [3.05, 3.63) is 48.6 Å². The molecule has 0 atom stereocenters. The van der Waals surface area contributed by atoms with Crippen molar-refractivity contribution in [2.75, 3.05) is 0 Å². The van der Waals surface area contributed by atoms with E-state index in [1.54, 1.807) is 0 Å². The van der Waals surface area contributed by atoms with E-state index < -0.39 is 26.8 Å². The first kappa shape index (κ1) is 19.5. The van der Waals surface area contributed by atoms with E-state index in [0.717, 1.165) is 7.25 Å². The van der Waals surface area contributed by atoms with E-state index >= 15 is 0 Å². The van der Waals surface area contributed by atoms with Crippen LogP contribution >= 0.6 is 0 Å². The Morgan fingerprint density at radius 1 is 0.778 bits per heavy atom. The Hall–Kier alpha value is 1.52. The molecule has 4 heteroatoms. The van der Waals surface area contributed by atoms with Gasteiger partial charge in [-0.2, -0.15) is 0 Å². The molecule has 0 spiro atoms. The van der Waals surface area contributed by atoms with Gasteiger partial charge in [0.1, 0.15) is 0 Å². The van der Waals surface area contributed by atoms with Gasteiger partial charge >= 0.3 is 109 Å². The summed E-state index contributed by atoms with van der Waals surface area (Å²) in [4.78, 5) is 0. The maximum atomic E-state index is 2.49. The van der Waals surface area contributed by atoms with E-state index in [1.807, 2.05) is 0 Å². The fourth-order valence-electron chi connectivity index (χ4n) is 2.83. The largest absolute Gasteiger partial charge is 1.00 e. The topological polar surface area (TPSA) is 0 Å². The Morgan fingerprint density at radius 3 is 1.39 bits per heavy atom. The first-order chi connectivity index (χ1) is 7.86. The zero-order valence-electron chi connectivity index (χ0n) is 11.0. The Kier molecular flexibility index (Phi) is 11.1. The third-order valence-corrected chi connectivity index (χ3v) is 29.8. The molecule has 0 saturated carbocycles. The van der Waals surface area contributed by atoms with E-state index in [1.165, 1.54) is 12.1 Å². The smallest absolute Gasteiger partial charge is 1.00 e. The van der Waals surface area contributed by atoms with Gasteiger partial charge in [-0.1, -0.05) is 0 Å². The maximum Gasteiger partial charge on any atom is -1.00 e. The van der Waals surface area contributed by atoms with Crippen molar-refractivity contribution < 1.29 is 68.9 Å². The second kappa shape index (κ2) is 10.3. The van der Waals surface area contributed by atoms with E-state index in [9.17, 15) is 0 Å². The summed E-state index contributed by atoms with van der Waals surface area (Å²) in [5.74, 6) is -0.422. The minimum Gasteiger partial charge on any atom is -1.00 e. The number of halogens is 2. The summed E-state index contributed by atoms with van der Waals surface area (Å²) in [6, 6.07) is 3.03. The average Bonchev–Trinajstić information content (AvgIpc) is 2.98. The predicted molar refractivity (Wildman–Crippen MR) is 72.2 cm³/mol. The Balaban J connectivity index is 0.00000144. The molecule has 2 aliphatic carbocycles. The van der Waals surface area contributed by atoms with Crippen molar-refractivity contribution in [2.24, 2.45) is 0 Å². The number of rotatable bonds is 5. The third-order valence-electron chi connectivity index (χ3n) is 3.72. The SMILES string of the molecule is CC[SiH](CC)[Zr+2]([CH]1C=CC=C1)[CH]1C=CC=C1.[I-].[I-]. The van der Waals surface area contributed by atoms with Crippen LogP contribution in [0.2, 0.25) is 19.3 Å². The molecule has 0 unspecified atom stereocenters. The molecular formula is C14H21I2SiZr. The first-order valence-corrected chi connectivity index (χ1v) is 15.7. The van der Waals surface area contributed by atoms with Gasteiger partial charge in [-0.25, -0.2) is 0 Å². The summed E-state index contributed by atoms with van der Waals surface area (Å²) >= 11 is -1.31. The van der Waals surface area contributed by atoms with E-state index in [2.05, 4.69) is 62.5 Å². The number of allylic oxidation sites excluding steroid dienone is 8. The molecule has 0 radical (unpaired) electrons. The quantitative estimate of drug-likeness (QED) is 0.275. The summed E-state index contributed by atoms with van der Waals surface area (Å²) in [7, 11) is 0. The molecule has 0 nitrogen and oxygen atoms in total. The molecule has 0 amide bonds. The van der Waals surface area contributed by atoms with Gasteiger partial charge in [0.25, 0.3) is 0 Å². The zero-order chi connectivity index (χ0) is 11.4. The van der Waals surface area contributed by atoms with Gasteiger partial charge in [-0.05, 0) is 0 Å². The molecule has 2 aliphatic rings. The summed E-state index contributed by atoms with van der Waals surface area (Å²) in [6.07, 6.45) is 19.0. The summed E-state index contributed by atoms with van der Waals surface area (Å²) in [6.45, 7) is 4.87. The fourth-order valence-corrected chi connectivity index (χ4v) is 27.4. The Labute approximate surface area is 154 Å². The van der Waals surface area contributed by atoms with Crippen LogP contribution in [0.25, 0.3) is 0 Å². The second-order valence-corrected chi connectivity index (χ2v) is 23.3. The average molecular weight is 562 g/mol. The molecule has 0 saturated heterocycles. The summed E-state index contributed by atoms with van der Waals surface area (Å²) in [5.41, 5.74) is 0. The van der Waals surface area contributed by atoms with Gasteiger partial charge in [0.2, 0.25) is 0 Å². The van der Waals surface area contributed by atoms with Crippen molar-refractivity contribution in [3.8, 4) is 0 Å². The van der Waals surface area contributed by atoms with E-state index in [0.29, 0.717) is 0 Å². The molecule has 0 N–H and O–H groups in total. The minimum absolute atomic E-state index is 0. The Morgan fingerprint density at radius 2 is 1.11 bits per heavy atom. The van der Waals surface area contributed by atoms with Gasteiger partial charge in [-0.3, -0.25) is 0 Å². The van der Waals surface area contributed by atoms with Crippen LogP contribution in [0, 0.1) is 0 Å². The van der Waals surface area contributed by atoms with Gasteiger partial charge in [-0.15, -0.1) is 0 Å². The van der Waals surface area contributed by atoms with E-state index in [4.69, 9.17) is 0 Å². The van der Waals surface area contributed by atoms with Gasteiger partial charge in [0.15, 0.2) is 0 Å². The van der Waals surface area contributed by atoms with Gasteiger partial charge in [0.05, 0.1) is 0 Å².